The van der Waals surface area contributed by atoms with Crippen molar-refractivity contribution in [1.29, 1.82) is 0 Å². The van der Waals surface area contributed by atoms with E-state index in [2.05, 4.69) is 20.9 Å². The minimum Gasteiger partial charge on any atom is -0.350 e. The van der Waals surface area contributed by atoms with Crippen LogP contribution in [0.1, 0.15) is 67.0 Å². The molecule has 2 aromatic rings. The van der Waals surface area contributed by atoms with E-state index in [1.807, 2.05) is 16.8 Å². The highest BCUT2D eigenvalue weighted by Crippen LogP contribution is 2.39. The highest BCUT2D eigenvalue weighted by Gasteiger charge is 2.34. The number of halogens is 1. The number of rotatable bonds is 5. The molecular formula is C21H28FN5O. The molecule has 150 valence electrons. The number of hydrogen-bond donors (Lipinski definition) is 2. The third-order valence-corrected chi connectivity index (χ3v) is 6.28. The Bertz CT molecular complexity index is 791. The minimum absolute atomic E-state index is 0.132. The van der Waals surface area contributed by atoms with Crippen molar-refractivity contribution < 1.29 is 9.18 Å². The van der Waals surface area contributed by atoms with E-state index < -0.39 is 0 Å². The van der Waals surface area contributed by atoms with E-state index in [1.54, 1.807) is 6.20 Å². The number of aromatic nitrogens is 3. The lowest BCUT2D eigenvalue weighted by atomic mass is 9.69. The largest absolute Gasteiger partial charge is 0.350 e. The van der Waals surface area contributed by atoms with Gasteiger partial charge in [0.05, 0.1) is 12.2 Å². The van der Waals surface area contributed by atoms with Crippen molar-refractivity contribution in [2.24, 2.45) is 0 Å². The van der Waals surface area contributed by atoms with Gasteiger partial charge in [0.25, 0.3) is 5.91 Å². The smallest absolute Gasteiger partial charge is 0.273 e. The summed E-state index contributed by atoms with van der Waals surface area (Å²) in [4.78, 5) is 12.7. The molecule has 2 heterocycles. The quantitative estimate of drug-likeness (QED) is 0.830. The molecule has 1 aromatic carbocycles. The third-order valence-electron chi connectivity index (χ3n) is 6.28. The van der Waals surface area contributed by atoms with Crippen LogP contribution in [0.25, 0.3) is 0 Å². The molecule has 28 heavy (non-hydrogen) atoms. The van der Waals surface area contributed by atoms with Crippen LogP contribution in [0.3, 0.4) is 0 Å². The van der Waals surface area contributed by atoms with Gasteiger partial charge in [-0.2, -0.15) is 0 Å². The average Bonchev–Trinajstić information content (AvgIpc) is 3.24. The SMILES string of the molecule is O=C(NCC1(c2ccc(F)cc2)CCCCC1)c1cn(C2CCNCC2)nn1. The van der Waals surface area contributed by atoms with Crippen LogP contribution in [0, 0.1) is 5.82 Å². The van der Waals surface area contributed by atoms with Gasteiger partial charge in [-0.25, -0.2) is 9.07 Å². The van der Waals surface area contributed by atoms with Gasteiger partial charge in [-0.1, -0.05) is 36.6 Å². The van der Waals surface area contributed by atoms with Crippen LogP contribution in [0.15, 0.2) is 30.5 Å². The second kappa shape index (κ2) is 8.39. The molecule has 1 amide bonds. The monoisotopic (exact) mass is 385 g/mol. The van der Waals surface area contributed by atoms with E-state index in [1.165, 1.54) is 18.6 Å². The maximum Gasteiger partial charge on any atom is 0.273 e. The molecule has 6 nitrogen and oxygen atoms in total. The lowest BCUT2D eigenvalue weighted by molar-refractivity contribution is 0.0931. The number of benzene rings is 1. The van der Waals surface area contributed by atoms with Gasteiger partial charge in [0, 0.05) is 12.0 Å². The fourth-order valence-electron chi connectivity index (χ4n) is 4.57. The van der Waals surface area contributed by atoms with Crippen LogP contribution in [0.5, 0.6) is 0 Å². The Labute approximate surface area is 164 Å². The first-order chi connectivity index (χ1) is 13.7. The summed E-state index contributed by atoms with van der Waals surface area (Å²) in [5, 5.41) is 14.7. The van der Waals surface area contributed by atoms with Gasteiger partial charge in [0.2, 0.25) is 0 Å². The van der Waals surface area contributed by atoms with Gasteiger partial charge >= 0.3 is 0 Å². The molecule has 2 N–H and O–H groups in total. The standard InChI is InChI=1S/C21H28FN5O/c22-17-6-4-16(5-7-17)21(10-2-1-3-11-21)15-24-20(28)19-14-27(26-25-19)18-8-12-23-13-9-18/h4-7,14,18,23H,1-3,8-13,15H2,(H,24,28). The normalized spacial score (nSPS) is 20.0. The van der Waals surface area contributed by atoms with Crippen LogP contribution in [0.2, 0.25) is 0 Å². The minimum atomic E-state index is -0.228. The molecule has 7 heteroatoms. The molecule has 0 atom stereocenters. The molecule has 4 rings (SSSR count). The maximum atomic E-state index is 13.4. The van der Waals surface area contributed by atoms with Crippen molar-refractivity contribution in [2.75, 3.05) is 19.6 Å². The van der Waals surface area contributed by atoms with Gasteiger partial charge in [0.1, 0.15) is 5.82 Å². The number of amides is 1. The predicted molar refractivity (Wildman–Crippen MR) is 105 cm³/mol. The molecule has 2 aliphatic rings. The van der Waals surface area contributed by atoms with E-state index >= 15 is 0 Å². The van der Waals surface area contributed by atoms with Crippen LogP contribution >= 0.6 is 0 Å². The Morgan fingerprint density at radius 1 is 1.18 bits per heavy atom. The van der Waals surface area contributed by atoms with Gasteiger partial charge < -0.3 is 10.6 Å². The lowest BCUT2D eigenvalue weighted by Gasteiger charge is -2.38. The van der Waals surface area contributed by atoms with E-state index in [9.17, 15) is 9.18 Å². The van der Waals surface area contributed by atoms with Crippen LogP contribution < -0.4 is 10.6 Å². The van der Waals surface area contributed by atoms with E-state index in [4.69, 9.17) is 0 Å². The summed E-state index contributed by atoms with van der Waals surface area (Å²) in [6.07, 6.45) is 9.22. The molecule has 0 bridgehead atoms. The van der Waals surface area contributed by atoms with Crippen molar-refractivity contribution in [3.63, 3.8) is 0 Å². The second-order valence-electron chi connectivity index (χ2n) is 8.10. The predicted octanol–water partition coefficient (Wildman–Crippen LogP) is 2.97. The summed E-state index contributed by atoms with van der Waals surface area (Å²) in [7, 11) is 0. The van der Waals surface area contributed by atoms with Crippen molar-refractivity contribution in [2.45, 2.75) is 56.4 Å². The Morgan fingerprint density at radius 2 is 1.89 bits per heavy atom. The van der Waals surface area contributed by atoms with Crippen molar-refractivity contribution >= 4 is 5.91 Å². The van der Waals surface area contributed by atoms with E-state index in [0.29, 0.717) is 18.3 Å². The average molecular weight is 385 g/mol. The molecule has 0 radical (unpaired) electrons. The van der Waals surface area contributed by atoms with E-state index in [-0.39, 0.29) is 17.1 Å². The summed E-state index contributed by atoms with van der Waals surface area (Å²) in [5.74, 6) is -0.416. The summed E-state index contributed by atoms with van der Waals surface area (Å²) in [5.41, 5.74) is 1.34. The summed E-state index contributed by atoms with van der Waals surface area (Å²) >= 11 is 0. The van der Waals surface area contributed by atoms with Crippen molar-refractivity contribution in [1.82, 2.24) is 25.6 Å². The number of hydrogen-bond acceptors (Lipinski definition) is 4. The van der Waals surface area contributed by atoms with Gasteiger partial charge in [0.15, 0.2) is 5.69 Å². The molecule has 1 aliphatic carbocycles. The zero-order valence-corrected chi connectivity index (χ0v) is 16.2. The number of carbonyl (C=O) groups excluding carboxylic acids is 1. The molecule has 1 aromatic heterocycles. The Kier molecular flexibility index (Phi) is 5.71. The number of piperidine rings is 1. The van der Waals surface area contributed by atoms with E-state index in [0.717, 1.165) is 57.2 Å². The summed E-state index contributed by atoms with van der Waals surface area (Å²) in [6, 6.07) is 7.05. The Hall–Kier alpha value is -2.28. The highest BCUT2D eigenvalue weighted by molar-refractivity contribution is 5.91. The van der Waals surface area contributed by atoms with Gasteiger partial charge in [-0.15, -0.1) is 5.10 Å². The number of nitrogens with zero attached hydrogens (tertiary/aromatic N) is 3. The molecule has 0 unspecified atom stereocenters. The van der Waals surface area contributed by atoms with Crippen molar-refractivity contribution in [3.05, 3.63) is 47.5 Å². The molecule has 1 saturated heterocycles. The topological polar surface area (TPSA) is 71.8 Å². The number of carbonyl (C=O) groups is 1. The van der Waals surface area contributed by atoms with Gasteiger partial charge in [-0.05, 0) is 56.5 Å². The Morgan fingerprint density at radius 3 is 2.61 bits per heavy atom. The molecule has 2 fully saturated rings. The number of nitrogens with one attached hydrogen (secondary N) is 2. The first-order valence-electron chi connectivity index (χ1n) is 10.3. The molecule has 0 spiro atoms. The van der Waals surface area contributed by atoms with Gasteiger partial charge in [-0.3, -0.25) is 4.79 Å². The Balaban J connectivity index is 1.44. The van der Waals surface area contributed by atoms with Crippen LogP contribution in [-0.4, -0.2) is 40.5 Å². The first kappa shape index (κ1) is 19.1. The van der Waals surface area contributed by atoms with Crippen LogP contribution in [0.4, 0.5) is 4.39 Å². The highest BCUT2D eigenvalue weighted by atomic mass is 19.1. The zero-order valence-electron chi connectivity index (χ0n) is 16.2. The second-order valence-corrected chi connectivity index (χ2v) is 8.10. The summed E-state index contributed by atoms with van der Waals surface area (Å²) in [6.45, 7) is 2.47. The maximum absolute atomic E-state index is 13.4. The first-order valence-corrected chi connectivity index (χ1v) is 10.3. The zero-order chi connectivity index (χ0) is 19.4. The molecule has 1 aliphatic heterocycles. The summed E-state index contributed by atoms with van der Waals surface area (Å²) < 4.78 is 15.2. The lowest BCUT2D eigenvalue weighted by Crippen LogP contribution is -2.42. The third kappa shape index (κ3) is 4.09. The van der Waals surface area contributed by atoms with Crippen molar-refractivity contribution in [3.8, 4) is 0 Å². The fraction of sp³-hybridized carbons (Fsp3) is 0.571. The molecular weight excluding hydrogens is 357 g/mol. The fourth-order valence-corrected chi connectivity index (χ4v) is 4.57. The van der Waals surface area contributed by atoms with Crippen LogP contribution in [-0.2, 0) is 5.41 Å². The molecule has 1 saturated carbocycles.